The average Bonchev–Trinajstić information content (AvgIpc) is 2.59. The van der Waals surface area contributed by atoms with E-state index in [2.05, 4.69) is 26.1 Å². The van der Waals surface area contributed by atoms with Crippen molar-refractivity contribution in [2.45, 2.75) is 143 Å². The van der Waals surface area contributed by atoms with Crippen molar-refractivity contribution in [3.05, 3.63) is 0 Å². The van der Waals surface area contributed by atoms with Crippen LogP contribution in [-0.4, -0.2) is 12.6 Å². The molecule has 0 saturated heterocycles. The third-order valence-electron chi connectivity index (χ3n) is 4.58. The summed E-state index contributed by atoms with van der Waals surface area (Å²) in [6, 6.07) is 0.649. The molecule has 0 spiro atoms. The van der Waals surface area contributed by atoms with Crippen LogP contribution in [0.2, 0.25) is 0 Å². The van der Waals surface area contributed by atoms with Crippen LogP contribution in [0.15, 0.2) is 0 Å². The number of hydrogen-bond donors (Lipinski definition) is 1. The Morgan fingerprint density at radius 1 is 0.500 bits per heavy atom. The molecule has 1 heteroatoms. The molecule has 0 aliphatic rings. The van der Waals surface area contributed by atoms with Crippen LogP contribution in [0.3, 0.4) is 0 Å². The van der Waals surface area contributed by atoms with Gasteiger partial charge in [-0.25, -0.2) is 0 Å². The van der Waals surface area contributed by atoms with Crippen LogP contribution in [0.1, 0.15) is 137 Å². The van der Waals surface area contributed by atoms with Crippen molar-refractivity contribution in [3.8, 4) is 0 Å². The van der Waals surface area contributed by atoms with Crippen molar-refractivity contribution < 1.29 is 0 Å². The van der Waals surface area contributed by atoms with Crippen molar-refractivity contribution in [2.75, 3.05) is 6.54 Å². The minimum atomic E-state index is 0.649. The van der Waals surface area contributed by atoms with Gasteiger partial charge >= 0.3 is 0 Å². The first-order valence-electron chi connectivity index (χ1n) is 11.5. The van der Waals surface area contributed by atoms with Crippen molar-refractivity contribution in [1.29, 1.82) is 0 Å². The molecule has 0 radical (unpaired) electrons. The molecule has 0 atom stereocenters. The second-order valence-electron chi connectivity index (χ2n) is 7.41. The van der Waals surface area contributed by atoms with Crippen LogP contribution < -0.4 is 5.32 Å². The lowest BCUT2D eigenvalue weighted by Crippen LogP contribution is -2.23. The van der Waals surface area contributed by atoms with Crippen LogP contribution in [0.25, 0.3) is 0 Å². The van der Waals surface area contributed by atoms with Gasteiger partial charge in [0.2, 0.25) is 0 Å². The van der Waals surface area contributed by atoms with Crippen molar-refractivity contribution in [3.63, 3.8) is 0 Å². The van der Waals surface area contributed by atoms with E-state index in [9.17, 15) is 0 Å². The van der Waals surface area contributed by atoms with E-state index in [-0.39, 0.29) is 0 Å². The van der Waals surface area contributed by atoms with Gasteiger partial charge in [0.1, 0.15) is 0 Å². The van der Waals surface area contributed by atoms with Crippen LogP contribution >= 0.6 is 0 Å². The van der Waals surface area contributed by atoms with Gasteiger partial charge in [-0.2, -0.15) is 0 Å². The molecular formula is C23H51N. The smallest absolute Gasteiger partial charge is 0.00103 e. The van der Waals surface area contributed by atoms with Gasteiger partial charge in [-0.1, -0.05) is 131 Å². The minimum Gasteiger partial charge on any atom is -0.315 e. The van der Waals surface area contributed by atoms with Gasteiger partial charge in [-0.3, -0.25) is 0 Å². The van der Waals surface area contributed by atoms with E-state index in [1.165, 1.54) is 109 Å². The van der Waals surface area contributed by atoms with E-state index in [0.717, 1.165) is 0 Å². The first-order chi connectivity index (χ1) is 11.8. The van der Waals surface area contributed by atoms with E-state index >= 15 is 0 Å². The fourth-order valence-corrected chi connectivity index (χ4v) is 3.06. The number of rotatable bonds is 18. The molecule has 0 aliphatic heterocycles. The largest absolute Gasteiger partial charge is 0.315 e. The predicted octanol–water partition coefficient (Wildman–Crippen LogP) is 8.27. The highest BCUT2D eigenvalue weighted by Crippen LogP contribution is 2.13. The zero-order chi connectivity index (χ0) is 18.3. The molecule has 0 heterocycles. The number of unbranched alkanes of at least 4 members (excludes halogenated alkanes) is 15. The summed E-state index contributed by atoms with van der Waals surface area (Å²) in [6.45, 7) is 12.0. The topological polar surface area (TPSA) is 12.0 Å². The summed E-state index contributed by atoms with van der Waals surface area (Å²) in [5.41, 5.74) is 0. The van der Waals surface area contributed by atoms with Crippen LogP contribution in [-0.2, 0) is 0 Å². The maximum Gasteiger partial charge on any atom is 0.00103 e. The van der Waals surface area contributed by atoms with E-state index in [4.69, 9.17) is 0 Å². The Labute approximate surface area is 155 Å². The third kappa shape index (κ3) is 26.8. The zero-order valence-corrected chi connectivity index (χ0v) is 18.1. The van der Waals surface area contributed by atoms with Crippen LogP contribution in [0.5, 0.6) is 0 Å². The molecule has 0 saturated carbocycles. The van der Waals surface area contributed by atoms with E-state index < -0.39 is 0 Å². The van der Waals surface area contributed by atoms with Gasteiger partial charge < -0.3 is 5.32 Å². The minimum absolute atomic E-state index is 0.649. The lowest BCUT2D eigenvalue weighted by molar-refractivity contribution is 0.516. The lowest BCUT2D eigenvalue weighted by Gasteiger charge is -2.07. The summed E-state index contributed by atoms with van der Waals surface area (Å²) in [5, 5.41) is 3.50. The summed E-state index contributed by atoms with van der Waals surface area (Å²) < 4.78 is 0. The highest BCUT2D eigenvalue weighted by atomic mass is 14.9. The van der Waals surface area contributed by atoms with Crippen molar-refractivity contribution in [2.24, 2.45) is 0 Å². The fraction of sp³-hybridized carbons (Fsp3) is 1.00. The standard InChI is InChI=1S/C21H45N.C2H6/c1-4-5-6-7-8-9-10-11-12-13-14-15-16-17-18-19-20-22-21(2)3;1-2/h21-22H,4-20H2,1-3H3;1-2H3. The molecule has 0 amide bonds. The first-order valence-corrected chi connectivity index (χ1v) is 11.5. The SMILES string of the molecule is CC.CCCCCCCCCCCCCCCCCCNC(C)C. The van der Waals surface area contributed by atoms with Gasteiger partial charge in [0.05, 0.1) is 0 Å². The Balaban J connectivity index is 0. The molecule has 24 heavy (non-hydrogen) atoms. The van der Waals surface area contributed by atoms with Gasteiger partial charge in [0.15, 0.2) is 0 Å². The van der Waals surface area contributed by atoms with Gasteiger partial charge in [-0.05, 0) is 13.0 Å². The van der Waals surface area contributed by atoms with E-state index in [1.807, 2.05) is 13.8 Å². The fourth-order valence-electron chi connectivity index (χ4n) is 3.06. The molecule has 0 unspecified atom stereocenters. The molecule has 0 rings (SSSR count). The highest BCUT2D eigenvalue weighted by molar-refractivity contribution is 4.54. The molecule has 0 aliphatic carbocycles. The summed E-state index contributed by atoms with van der Waals surface area (Å²) in [4.78, 5) is 0. The normalized spacial score (nSPS) is 10.8. The van der Waals surface area contributed by atoms with Gasteiger partial charge in [0.25, 0.3) is 0 Å². The second-order valence-corrected chi connectivity index (χ2v) is 7.41. The zero-order valence-electron chi connectivity index (χ0n) is 18.1. The van der Waals surface area contributed by atoms with Gasteiger partial charge in [0, 0.05) is 6.04 Å². The molecule has 1 nitrogen and oxygen atoms in total. The van der Waals surface area contributed by atoms with Gasteiger partial charge in [-0.15, -0.1) is 0 Å². The summed E-state index contributed by atoms with van der Waals surface area (Å²) >= 11 is 0. The predicted molar refractivity (Wildman–Crippen MR) is 114 cm³/mol. The van der Waals surface area contributed by atoms with Crippen LogP contribution in [0, 0.1) is 0 Å². The van der Waals surface area contributed by atoms with Crippen LogP contribution in [0.4, 0.5) is 0 Å². The highest BCUT2D eigenvalue weighted by Gasteiger charge is 1.95. The molecule has 1 N–H and O–H groups in total. The Bertz CT molecular complexity index is 188. The summed E-state index contributed by atoms with van der Waals surface area (Å²) in [7, 11) is 0. The molecule has 0 aromatic heterocycles. The number of nitrogens with one attached hydrogen (secondary N) is 1. The maximum atomic E-state index is 3.50. The van der Waals surface area contributed by atoms with E-state index in [1.54, 1.807) is 0 Å². The average molecular weight is 342 g/mol. The Morgan fingerprint density at radius 2 is 0.792 bits per heavy atom. The third-order valence-corrected chi connectivity index (χ3v) is 4.58. The quantitative estimate of drug-likeness (QED) is 0.247. The van der Waals surface area contributed by atoms with Crippen molar-refractivity contribution in [1.82, 2.24) is 5.32 Å². The number of hydrogen-bond acceptors (Lipinski definition) is 1. The van der Waals surface area contributed by atoms with E-state index in [0.29, 0.717) is 6.04 Å². The molecule has 0 aromatic rings. The van der Waals surface area contributed by atoms with Crippen molar-refractivity contribution >= 4 is 0 Å². The molecule has 0 bridgehead atoms. The molecule has 0 aromatic carbocycles. The molecular weight excluding hydrogens is 290 g/mol. The Kier molecular flexibility index (Phi) is 27.5. The Hall–Kier alpha value is -0.0400. The molecule has 0 fully saturated rings. The monoisotopic (exact) mass is 341 g/mol. The Morgan fingerprint density at radius 3 is 1.08 bits per heavy atom. The first kappa shape index (κ1) is 26.2. The maximum absolute atomic E-state index is 3.50. The lowest BCUT2D eigenvalue weighted by atomic mass is 10.0. The second kappa shape index (κ2) is 25.2. The molecule has 148 valence electrons. The summed E-state index contributed by atoms with van der Waals surface area (Å²) in [5.74, 6) is 0. The summed E-state index contributed by atoms with van der Waals surface area (Å²) in [6.07, 6.45) is 23.2.